The van der Waals surface area contributed by atoms with Crippen molar-refractivity contribution in [3.63, 3.8) is 0 Å². The summed E-state index contributed by atoms with van der Waals surface area (Å²) in [5.74, 6) is 1.53. The molecule has 0 fully saturated rings. The summed E-state index contributed by atoms with van der Waals surface area (Å²) in [6, 6.07) is 9.39. The third-order valence-corrected chi connectivity index (χ3v) is 6.49. The number of ether oxygens (including phenoxy) is 2. The highest BCUT2D eigenvalue weighted by Gasteiger charge is 2.20. The van der Waals surface area contributed by atoms with Gasteiger partial charge < -0.3 is 19.4 Å². The molecule has 2 aromatic heterocycles. The highest BCUT2D eigenvalue weighted by Crippen LogP contribution is 2.30. The van der Waals surface area contributed by atoms with Crippen molar-refractivity contribution < 1.29 is 18.7 Å². The largest absolute Gasteiger partial charge is 0.493 e. The van der Waals surface area contributed by atoms with Crippen LogP contribution in [0.5, 0.6) is 11.5 Å². The SMILES string of the molecule is COc1cc(C(=O)Nc2ccc(F)c(-c3nnc4n3CCCCC4)c2)ccc1OCc1cscn1. The van der Waals surface area contributed by atoms with Crippen LogP contribution in [0.25, 0.3) is 11.4 Å². The molecule has 0 saturated heterocycles. The minimum absolute atomic E-state index is 0.302. The summed E-state index contributed by atoms with van der Waals surface area (Å²) in [4.78, 5) is 17.1. The van der Waals surface area contributed by atoms with Gasteiger partial charge in [-0.25, -0.2) is 9.37 Å². The zero-order chi connectivity index (χ0) is 24.2. The Hall–Kier alpha value is -3.79. The molecule has 0 aliphatic carbocycles. The molecule has 1 aliphatic heterocycles. The number of anilines is 1. The fraction of sp³-hybridized carbons (Fsp3) is 0.280. The molecule has 0 unspecified atom stereocenters. The number of halogens is 1. The number of hydrogen-bond acceptors (Lipinski definition) is 7. The highest BCUT2D eigenvalue weighted by molar-refractivity contribution is 7.07. The maximum atomic E-state index is 14.8. The summed E-state index contributed by atoms with van der Waals surface area (Å²) in [6.45, 7) is 1.06. The van der Waals surface area contributed by atoms with Gasteiger partial charge in [0.1, 0.15) is 18.2 Å². The zero-order valence-electron chi connectivity index (χ0n) is 19.2. The van der Waals surface area contributed by atoms with E-state index in [0.29, 0.717) is 40.7 Å². The van der Waals surface area contributed by atoms with Gasteiger partial charge in [0.2, 0.25) is 0 Å². The Kier molecular flexibility index (Phi) is 6.71. The van der Waals surface area contributed by atoms with Gasteiger partial charge in [0, 0.05) is 29.6 Å². The van der Waals surface area contributed by atoms with Crippen LogP contribution in [0.3, 0.4) is 0 Å². The Morgan fingerprint density at radius 3 is 2.89 bits per heavy atom. The molecule has 0 bridgehead atoms. The lowest BCUT2D eigenvalue weighted by molar-refractivity contribution is 0.102. The normalized spacial score (nSPS) is 13.1. The molecule has 0 atom stereocenters. The van der Waals surface area contributed by atoms with Gasteiger partial charge in [-0.2, -0.15) is 0 Å². The van der Waals surface area contributed by atoms with Gasteiger partial charge in [-0.3, -0.25) is 4.79 Å². The van der Waals surface area contributed by atoms with Crippen LogP contribution in [0.1, 0.15) is 41.1 Å². The van der Waals surface area contributed by atoms with Crippen LogP contribution in [-0.2, 0) is 19.6 Å². The second-order valence-corrected chi connectivity index (χ2v) is 8.90. The third-order valence-electron chi connectivity index (χ3n) is 5.86. The third kappa shape index (κ3) is 5.02. The van der Waals surface area contributed by atoms with Crippen molar-refractivity contribution in [2.45, 2.75) is 38.8 Å². The number of benzene rings is 2. The van der Waals surface area contributed by atoms with E-state index < -0.39 is 5.82 Å². The van der Waals surface area contributed by atoms with Gasteiger partial charge in [-0.05, 0) is 49.2 Å². The van der Waals surface area contributed by atoms with Crippen LogP contribution in [0.15, 0.2) is 47.3 Å². The van der Waals surface area contributed by atoms with E-state index in [1.54, 1.807) is 29.8 Å². The van der Waals surface area contributed by atoms with Crippen molar-refractivity contribution in [3.8, 4) is 22.9 Å². The predicted molar refractivity (Wildman–Crippen MR) is 130 cm³/mol. The smallest absolute Gasteiger partial charge is 0.255 e. The average molecular weight is 494 g/mol. The van der Waals surface area contributed by atoms with E-state index in [0.717, 1.165) is 43.7 Å². The lowest BCUT2D eigenvalue weighted by Crippen LogP contribution is -2.12. The van der Waals surface area contributed by atoms with E-state index in [9.17, 15) is 9.18 Å². The first-order chi connectivity index (χ1) is 17.1. The minimum atomic E-state index is -0.411. The van der Waals surface area contributed by atoms with Gasteiger partial charge in [0.25, 0.3) is 5.91 Å². The maximum absolute atomic E-state index is 14.8. The molecule has 0 saturated carbocycles. The number of carbonyl (C=O) groups is 1. The van der Waals surface area contributed by atoms with E-state index in [1.165, 1.54) is 30.6 Å². The molecule has 1 aliphatic rings. The molecule has 2 aromatic carbocycles. The van der Waals surface area contributed by atoms with Crippen molar-refractivity contribution in [2.75, 3.05) is 12.4 Å². The molecule has 4 aromatic rings. The summed E-state index contributed by atoms with van der Waals surface area (Å²) in [6.07, 6.45) is 3.99. The number of nitrogens with zero attached hydrogens (tertiary/aromatic N) is 4. The summed E-state index contributed by atoms with van der Waals surface area (Å²) in [5.41, 5.74) is 3.70. The molecule has 1 N–H and O–H groups in total. The molecule has 3 heterocycles. The summed E-state index contributed by atoms with van der Waals surface area (Å²) >= 11 is 1.49. The summed E-state index contributed by atoms with van der Waals surface area (Å²) < 4.78 is 27.9. The van der Waals surface area contributed by atoms with Crippen LogP contribution in [0.2, 0.25) is 0 Å². The van der Waals surface area contributed by atoms with Crippen molar-refractivity contribution in [1.29, 1.82) is 0 Å². The van der Waals surface area contributed by atoms with E-state index in [2.05, 4.69) is 20.5 Å². The quantitative estimate of drug-likeness (QED) is 0.385. The van der Waals surface area contributed by atoms with E-state index in [1.807, 2.05) is 9.95 Å². The van der Waals surface area contributed by atoms with Crippen molar-refractivity contribution in [3.05, 3.63) is 70.2 Å². The molecule has 8 nitrogen and oxygen atoms in total. The van der Waals surface area contributed by atoms with Gasteiger partial charge in [-0.15, -0.1) is 21.5 Å². The topological polar surface area (TPSA) is 91.2 Å². The predicted octanol–water partition coefficient (Wildman–Crippen LogP) is 5.11. The van der Waals surface area contributed by atoms with Gasteiger partial charge >= 0.3 is 0 Å². The van der Waals surface area contributed by atoms with Crippen LogP contribution < -0.4 is 14.8 Å². The zero-order valence-corrected chi connectivity index (χ0v) is 20.0. The fourth-order valence-electron chi connectivity index (χ4n) is 4.05. The Morgan fingerprint density at radius 2 is 2.06 bits per heavy atom. The highest BCUT2D eigenvalue weighted by atomic mass is 32.1. The number of aromatic nitrogens is 4. The fourth-order valence-corrected chi connectivity index (χ4v) is 4.59. The average Bonchev–Trinajstić information content (AvgIpc) is 3.48. The molecular formula is C25H24FN5O3S. The lowest BCUT2D eigenvalue weighted by Gasteiger charge is -2.13. The Morgan fingerprint density at radius 1 is 1.14 bits per heavy atom. The molecular weight excluding hydrogens is 469 g/mol. The number of amides is 1. The molecule has 0 radical (unpaired) electrons. The standard InChI is InChI=1S/C25H24FN5O3S/c1-33-22-11-16(6-9-21(22)34-13-18-14-35-15-27-18)25(32)28-17-7-8-20(26)19(12-17)24-30-29-23-5-3-2-4-10-31(23)24/h6-9,11-12,14-15H,2-5,10,13H2,1H3,(H,28,32). The first-order valence-corrected chi connectivity index (χ1v) is 12.3. The Labute approximate surface area is 205 Å². The molecule has 10 heteroatoms. The van der Waals surface area contributed by atoms with Crippen LogP contribution in [0, 0.1) is 5.82 Å². The van der Waals surface area contributed by atoms with Crippen LogP contribution in [0.4, 0.5) is 10.1 Å². The maximum Gasteiger partial charge on any atom is 0.255 e. The van der Waals surface area contributed by atoms with E-state index >= 15 is 0 Å². The van der Waals surface area contributed by atoms with Gasteiger partial charge in [0.05, 0.1) is 23.9 Å². The summed E-state index contributed by atoms with van der Waals surface area (Å²) in [7, 11) is 1.51. The van der Waals surface area contributed by atoms with Crippen molar-refractivity contribution >= 4 is 22.9 Å². The van der Waals surface area contributed by atoms with Crippen molar-refractivity contribution in [1.82, 2.24) is 19.7 Å². The first kappa shape index (κ1) is 23.0. The second-order valence-electron chi connectivity index (χ2n) is 8.18. The Balaban J connectivity index is 1.34. The van der Waals surface area contributed by atoms with Gasteiger partial charge in [-0.1, -0.05) is 6.42 Å². The monoisotopic (exact) mass is 493 g/mol. The Bertz CT molecular complexity index is 1340. The molecule has 0 spiro atoms. The van der Waals surface area contributed by atoms with E-state index in [-0.39, 0.29) is 5.91 Å². The number of aryl methyl sites for hydroxylation is 1. The molecule has 1 amide bonds. The molecule has 180 valence electrons. The minimum Gasteiger partial charge on any atom is -0.493 e. The van der Waals surface area contributed by atoms with Crippen molar-refractivity contribution in [2.24, 2.45) is 0 Å². The van der Waals surface area contributed by atoms with Crippen LogP contribution in [-0.4, -0.2) is 32.8 Å². The molecule has 5 rings (SSSR count). The lowest BCUT2D eigenvalue weighted by atomic mass is 10.1. The number of fused-ring (bicyclic) bond motifs is 1. The number of nitrogens with one attached hydrogen (secondary N) is 1. The molecule has 35 heavy (non-hydrogen) atoms. The number of methoxy groups -OCH3 is 1. The number of hydrogen-bond donors (Lipinski definition) is 1. The number of rotatable bonds is 7. The van der Waals surface area contributed by atoms with E-state index in [4.69, 9.17) is 9.47 Å². The van der Waals surface area contributed by atoms with Gasteiger partial charge in [0.15, 0.2) is 17.3 Å². The summed E-state index contributed by atoms with van der Waals surface area (Å²) in [5, 5.41) is 13.2. The second kappa shape index (κ2) is 10.2. The number of carbonyl (C=O) groups excluding carboxylic acids is 1. The number of thiazole rings is 1. The van der Waals surface area contributed by atoms with Crippen LogP contribution >= 0.6 is 11.3 Å². The first-order valence-electron chi connectivity index (χ1n) is 11.3.